The van der Waals surface area contributed by atoms with Crippen LogP contribution in [0.25, 0.3) is 0 Å². The van der Waals surface area contributed by atoms with E-state index in [4.69, 9.17) is 0 Å². The Balaban J connectivity index is 0.00000220. The van der Waals surface area contributed by atoms with Crippen molar-refractivity contribution in [2.24, 2.45) is 0 Å². The molecule has 116 valence electrons. The van der Waals surface area contributed by atoms with E-state index in [9.17, 15) is 9.59 Å². The molecule has 2 N–H and O–H groups in total. The van der Waals surface area contributed by atoms with Gasteiger partial charge in [0.1, 0.15) is 0 Å². The summed E-state index contributed by atoms with van der Waals surface area (Å²) in [6.45, 7) is 1.82. The Morgan fingerprint density at radius 3 is 2.62 bits per heavy atom. The maximum Gasteiger partial charge on any atom is 0.253 e. The van der Waals surface area contributed by atoms with Crippen LogP contribution in [0.4, 0.5) is 0 Å². The molecule has 1 aliphatic rings. The number of piperidine rings is 1. The summed E-state index contributed by atoms with van der Waals surface area (Å²) in [5.74, 6) is -0.217. The van der Waals surface area contributed by atoms with Crippen LogP contribution in [0.2, 0.25) is 0 Å². The fraction of sp³-hybridized carbons (Fsp3) is 0.467. The second-order valence-electron chi connectivity index (χ2n) is 5.30. The van der Waals surface area contributed by atoms with Crippen molar-refractivity contribution in [1.82, 2.24) is 15.5 Å². The molecule has 0 spiro atoms. The number of carbonyl (C=O) groups is 2. The van der Waals surface area contributed by atoms with E-state index in [1.54, 1.807) is 38.4 Å². The molecule has 1 aromatic carbocycles. The van der Waals surface area contributed by atoms with Crippen LogP contribution in [-0.4, -0.2) is 49.9 Å². The minimum absolute atomic E-state index is 0. The van der Waals surface area contributed by atoms with Gasteiger partial charge in [0.2, 0.25) is 0 Å². The van der Waals surface area contributed by atoms with Gasteiger partial charge in [0.25, 0.3) is 11.8 Å². The molecule has 21 heavy (non-hydrogen) atoms. The first-order valence-corrected chi connectivity index (χ1v) is 6.91. The number of halogens is 1. The molecular weight excluding hydrogens is 290 g/mol. The average Bonchev–Trinajstić information content (AvgIpc) is 2.47. The summed E-state index contributed by atoms with van der Waals surface area (Å²) < 4.78 is 0. The van der Waals surface area contributed by atoms with Gasteiger partial charge in [-0.3, -0.25) is 9.59 Å². The third-order valence-electron chi connectivity index (χ3n) is 3.41. The Morgan fingerprint density at radius 2 is 2.00 bits per heavy atom. The van der Waals surface area contributed by atoms with Crippen LogP contribution in [0.3, 0.4) is 0 Å². The highest BCUT2D eigenvalue weighted by Gasteiger charge is 2.17. The molecule has 0 unspecified atom stereocenters. The predicted octanol–water partition coefficient (Wildman–Crippen LogP) is 1.29. The molecule has 1 heterocycles. The number of hydrogen-bond donors (Lipinski definition) is 2. The normalized spacial score (nSPS) is 17.5. The third kappa shape index (κ3) is 4.72. The van der Waals surface area contributed by atoms with Crippen LogP contribution in [0, 0.1) is 0 Å². The van der Waals surface area contributed by atoms with Gasteiger partial charge in [0.15, 0.2) is 0 Å². The molecule has 0 radical (unpaired) electrons. The molecule has 0 saturated carbocycles. The van der Waals surface area contributed by atoms with Crippen molar-refractivity contribution >= 4 is 24.2 Å². The van der Waals surface area contributed by atoms with Crippen LogP contribution in [0.1, 0.15) is 33.6 Å². The minimum atomic E-state index is -0.118. The zero-order chi connectivity index (χ0) is 14.5. The maximum atomic E-state index is 12.2. The molecule has 1 aliphatic heterocycles. The quantitative estimate of drug-likeness (QED) is 0.884. The standard InChI is InChI=1S/C15H21N3O2.ClH/c1-18(2)15(20)12-6-3-5-11(9-12)14(19)17-13-7-4-8-16-10-13;/h3,5-6,9,13,16H,4,7-8,10H2,1-2H3,(H,17,19);1H/t13-;/m0./s1. The molecule has 0 aliphatic carbocycles. The van der Waals surface area contributed by atoms with E-state index < -0.39 is 0 Å². The summed E-state index contributed by atoms with van der Waals surface area (Å²) in [4.78, 5) is 25.6. The van der Waals surface area contributed by atoms with Gasteiger partial charge in [-0.15, -0.1) is 12.4 Å². The highest BCUT2D eigenvalue weighted by atomic mass is 35.5. The minimum Gasteiger partial charge on any atom is -0.348 e. The Labute approximate surface area is 131 Å². The number of hydrogen-bond acceptors (Lipinski definition) is 3. The van der Waals surface area contributed by atoms with Crippen LogP contribution < -0.4 is 10.6 Å². The lowest BCUT2D eigenvalue weighted by Crippen LogP contribution is -2.45. The molecule has 6 heteroatoms. The van der Waals surface area contributed by atoms with E-state index in [2.05, 4.69) is 10.6 Å². The molecule has 2 rings (SSSR count). The number of benzene rings is 1. The van der Waals surface area contributed by atoms with E-state index in [0.717, 1.165) is 25.9 Å². The molecule has 0 aromatic heterocycles. The van der Waals surface area contributed by atoms with Gasteiger partial charge in [-0.05, 0) is 37.6 Å². The molecule has 2 amide bonds. The van der Waals surface area contributed by atoms with Crippen LogP contribution in [0.15, 0.2) is 24.3 Å². The molecule has 1 saturated heterocycles. The first-order chi connectivity index (χ1) is 9.58. The summed E-state index contributed by atoms with van der Waals surface area (Å²) in [7, 11) is 3.39. The number of carbonyl (C=O) groups excluding carboxylic acids is 2. The first-order valence-electron chi connectivity index (χ1n) is 6.91. The number of nitrogens with one attached hydrogen (secondary N) is 2. The van der Waals surface area contributed by atoms with Gasteiger partial charge >= 0.3 is 0 Å². The Kier molecular flexibility index (Phi) is 6.65. The maximum absolute atomic E-state index is 12.2. The molecule has 1 aromatic rings. The molecule has 0 bridgehead atoms. The highest BCUT2D eigenvalue weighted by Crippen LogP contribution is 2.09. The van der Waals surface area contributed by atoms with Gasteiger partial charge in [0.05, 0.1) is 0 Å². The molecular formula is C15H22ClN3O2. The number of nitrogens with zero attached hydrogens (tertiary/aromatic N) is 1. The SMILES string of the molecule is CN(C)C(=O)c1cccc(C(=O)N[C@H]2CCCNC2)c1.Cl. The Hall–Kier alpha value is -1.59. The third-order valence-corrected chi connectivity index (χ3v) is 3.41. The van der Waals surface area contributed by atoms with Crippen molar-refractivity contribution in [2.75, 3.05) is 27.2 Å². The smallest absolute Gasteiger partial charge is 0.253 e. The fourth-order valence-corrected chi connectivity index (χ4v) is 2.30. The predicted molar refractivity (Wildman–Crippen MR) is 85.1 cm³/mol. The summed E-state index contributed by atoms with van der Waals surface area (Å²) >= 11 is 0. The van der Waals surface area contributed by atoms with Crippen LogP contribution in [-0.2, 0) is 0 Å². The van der Waals surface area contributed by atoms with Crippen LogP contribution >= 0.6 is 12.4 Å². The lowest BCUT2D eigenvalue weighted by Gasteiger charge is -2.23. The van der Waals surface area contributed by atoms with Crippen molar-refractivity contribution < 1.29 is 9.59 Å². The zero-order valence-corrected chi connectivity index (χ0v) is 13.2. The van der Waals surface area contributed by atoms with Gasteiger partial charge in [0, 0.05) is 37.8 Å². The molecule has 5 nitrogen and oxygen atoms in total. The zero-order valence-electron chi connectivity index (χ0n) is 12.4. The van der Waals surface area contributed by atoms with Crippen molar-refractivity contribution in [1.29, 1.82) is 0 Å². The molecule has 1 fully saturated rings. The number of amides is 2. The summed E-state index contributed by atoms with van der Waals surface area (Å²) in [6.07, 6.45) is 2.07. The second-order valence-corrected chi connectivity index (χ2v) is 5.30. The van der Waals surface area contributed by atoms with Crippen molar-refractivity contribution in [3.05, 3.63) is 35.4 Å². The van der Waals surface area contributed by atoms with Crippen molar-refractivity contribution in [3.8, 4) is 0 Å². The topological polar surface area (TPSA) is 61.4 Å². The van der Waals surface area contributed by atoms with E-state index in [1.165, 1.54) is 4.90 Å². The Bertz CT molecular complexity index is 499. The van der Waals surface area contributed by atoms with Crippen LogP contribution in [0.5, 0.6) is 0 Å². The van der Waals surface area contributed by atoms with Crippen molar-refractivity contribution in [3.63, 3.8) is 0 Å². The van der Waals surface area contributed by atoms with E-state index in [0.29, 0.717) is 11.1 Å². The lowest BCUT2D eigenvalue weighted by atomic mass is 10.1. The first kappa shape index (κ1) is 17.5. The summed E-state index contributed by atoms with van der Waals surface area (Å²) in [5.41, 5.74) is 1.06. The highest BCUT2D eigenvalue weighted by molar-refractivity contribution is 5.99. The Morgan fingerprint density at radius 1 is 1.29 bits per heavy atom. The lowest BCUT2D eigenvalue weighted by molar-refractivity contribution is 0.0827. The van der Waals surface area contributed by atoms with Gasteiger partial charge in [-0.2, -0.15) is 0 Å². The average molecular weight is 312 g/mol. The van der Waals surface area contributed by atoms with E-state index in [-0.39, 0.29) is 30.3 Å². The second kappa shape index (κ2) is 8.00. The monoisotopic (exact) mass is 311 g/mol. The largest absolute Gasteiger partial charge is 0.348 e. The number of rotatable bonds is 3. The fourth-order valence-electron chi connectivity index (χ4n) is 2.30. The van der Waals surface area contributed by atoms with E-state index in [1.807, 2.05) is 0 Å². The van der Waals surface area contributed by atoms with E-state index >= 15 is 0 Å². The summed E-state index contributed by atoms with van der Waals surface area (Å²) in [5, 5.41) is 6.26. The molecule has 1 atom stereocenters. The van der Waals surface area contributed by atoms with Gasteiger partial charge in [-0.1, -0.05) is 6.07 Å². The van der Waals surface area contributed by atoms with Gasteiger partial charge in [-0.25, -0.2) is 0 Å². The van der Waals surface area contributed by atoms with Crippen molar-refractivity contribution in [2.45, 2.75) is 18.9 Å². The summed E-state index contributed by atoms with van der Waals surface area (Å²) in [6, 6.07) is 7.02. The van der Waals surface area contributed by atoms with Gasteiger partial charge < -0.3 is 15.5 Å².